The van der Waals surface area contributed by atoms with Gasteiger partial charge in [0.15, 0.2) is 0 Å². The van der Waals surface area contributed by atoms with Crippen LogP contribution in [0.15, 0.2) is 211 Å². The molecule has 0 bridgehead atoms. The van der Waals surface area contributed by atoms with Crippen LogP contribution in [0.4, 0.5) is 0 Å². The van der Waals surface area contributed by atoms with Gasteiger partial charge in [0.05, 0.1) is 11.0 Å². The van der Waals surface area contributed by atoms with E-state index in [0.29, 0.717) is 0 Å². The SMILES string of the molecule is Cc1cccc2c1oc1c(-c3ccccc3)c(-c3cccc(-n4c5ccccc5c5ccccc54)c3)cc(-c3ccccc3)c12.Cc1ccccc1-c1ccccc1C. The van der Waals surface area contributed by atoms with Crippen molar-refractivity contribution in [3.63, 3.8) is 0 Å². The van der Waals surface area contributed by atoms with E-state index >= 15 is 0 Å². The Labute approximate surface area is 345 Å². The molecule has 0 N–H and O–H groups in total. The first kappa shape index (κ1) is 36.0. The molecule has 59 heavy (non-hydrogen) atoms. The largest absolute Gasteiger partial charge is 0.455 e. The molecule has 2 aromatic heterocycles. The standard InChI is InChI=1S/C43H29NO.C14H14/c1-28-14-12-23-35-41-36(29-15-4-2-5-16-29)27-37(40(43(41)45-42(28)35)30-17-6-3-7-18-30)31-19-13-20-32(26-31)44-38-24-10-8-21-33(38)34-22-9-11-25-39(34)44;1-11-7-3-5-9-13(11)14-10-6-4-8-12(14)2/h2-27H,1H3;3-10H,1-2H3. The third-order valence-electron chi connectivity index (χ3n) is 11.7. The van der Waals surface area contributed by atoms with Crippen molar-refractivity contribution in [3.05, 3.63) is 223 Å². The fraction of sp³-hybridized carbons (Fsp3) is 0.0526. The first-order chi connectivity index (χ1) is 29.0. The number of aryl methyl sites for hydroxylation is 3. The van der Waals surface area contributed by atoms with Gasteiger partial charge in [0.25, 0.3) is 0 Å². The van der Waals surface area contributed by atoms with Crippen molar-refractivity contribution in [2.75, 3.05) is 0 Å². The van der Waals surface area contributed by atoms with E-state index in [1.54, 1.807) is 0 Å². The van der Waals surface area contributed by atoms with Crippen LogP contribution in [0, 0.1) is 20.8 Å². The van der Waals surface area contributed by atoms with Crippen molar-refractivity contribution in [2.24, 2.45) is 0 Å². The van der Waals surface area contributed by atoms with Gasteiger partial charge in [0, 0.05) is 32.8 Å². The van der Waals surface area contributed by atoms with Crippen molar-refractivity contribution >= 4 is 43.7 Å². The molecule has 11 rings (SSSR count). The van der Waals surface area contributed by atoms with Crippen molar-refractivity contribution in [3.8, 4) is 50.2 Å². The third-order valence-corrected chi connectivity index (χ3v) is 11.7. The molecule has 0 fully saturated rings. The number of hydrogen-bond acceptors (Lipinski definition) is 1. The summed E-state index contributed by atoms with van der Waals surface area (Å²) in [6.07, 6.45) is 0. The molecule has 0 saturated carbocycles. The van der Waals surface area contributed by atoms with E-state index in [-0.39, 0.29) is 0 Å². The van der Waals surface area contributed by atoms with Crippen LogP contribution in [0.2, 0.25) is 0 Å². The predicted octanol–water partition coefficient (Wildman–Crippen LogP) is 16.0. The molecular formula is C57H43NO. The monoisotopic (exact) mass is 757 g/mol. The normalized spacial score (nSPS) is 11.3. The second kappa shape index (κ2) is 15.2. The number of aromatic nitrogens is 1. The number of rotatable bonds is 5. The van der Waals surface area contributed by atoms with Gasteiger partial charge in [-0.25, -0.2) is 0 Å². The Morgan fingerprint density at radius 2 is 0.831 bits per heavy atom. The van der Waals surface area contributed by atoms with Crippen molar-refractivity contribution in [1.82, 2.24) is 4.57 Å². The molecule has 0 unspecified atom stereocenters. The van der Waals surface area contributed by atoms with E-state index in [9.17, 15) is 0 Å². The van der Waals surface area contributed by atoms with Crippen LogP contribution in [0.3, 0.4) is 0 Å². The van der Waals surface area contributed by atoms with Gasteiger partial charge in [0.2, 0.25) is 0 Å². The molecule has 11 aromatic rings. The summed E-state index contributed by atoms with van der Waals surface area (Å²) in [6, 6.07) is 73.5. The Balaban J connectivity index is 0.000000255. The lowest BCUT2D eigenvalue weighted by molar-refractivity contribution is 0.667. The maximum absolute atomic E-state index is 6.91. The molecule has 0 aliphatic rings. The number of benzene rings is 9. The van der Waals surface area contributed by atoms with Gasteiger partial charge in [-0.3, -0.25) is 0 Å². The second-order valence-corrected chi connectivity index (χ2v) is 15.4. The summed E-state index contributed by atoms with van der Waals surface area (Å²) in [6.45, 7) is 6.44. The molecule has 0 spiro atoms. The first-order valence-electron chi connectivity index (χ1n) is 20.4. The minimum atomic E-state index is 0.920. The van der Waals surface area contributed by atoms with Crippen LogP contribution >= 0.6 is 0 Å². The van der Waals surface area contributed by atoms with E-state index in [1.165, 1.54) is 55.2 Å². The number of furan rings is 1. The zero-order valence-electron chi connectivity index (χ0n) is 33.5. The number of nitrogens with zero attached hydrogens (tertiary/aromatic N) is 1. The van der Waals surface area contributed by atoms with Crippen molar-refractivity contribution in [2.45, 2.75) is 20.8 Å². The molecular weight excluding hydrogens is 715 g/mol. The highest BCUT2D eigenvalue weighted by Gasteiger charge is 2.23. The molecule has 2 heterocycles. The van der Waals surface area contributed by atoms with E-state index in [1.807, 2.05) is 0 Å². The van der Waals surface area contributed by atoms with Gasteiger partial charge in [0.1, 0.15) is 11.2 Å². The molecule has 0 aliphatic carbocycles. The van der Waals surface area contributed by atoms with Crippen LogP contribution < -0.4 is 0 Å². The van der Waals surface area contributed by atoms with Crippen molar-refractivity contribution < 1.29 is 4.42 Å². The molecule has 2 heteroatoms. The van der Waals surface area contributed by atoms with Gasteiger partial charge in [-0.05, 0) is 107 Å². The minimum absolute atomic E-state index is 0.920. The molecule has 9 aromatic carbocycles. The quantitative estimate of drug-likeness (QED) is 0.171. The Bertz CT molecular complexity index is 3200. The Morgan fingerprint density at radius 1 is 0.339 bits per heavy atom. The number of fused-ring (bicyclic) bond motifs is 6. The second-order valence-electron chi connectivity index (χ2n) is 15.4. The lowest BCUT2D eigenvalue weighted by Gasteiger charge is -2.16. The highest BCUT2D eigenvalue weighted by atomic mass is 16.3. The molecule has 0 aliphatic heterocycles. The summed E-state index contributed by atoms with van der Waals surface area (Å²) in [5.41, 5.74) is 18.8. The summed E-state index contributed by atoms with van der Waals surface area (Å²) in [5.74, 6) is 0. The summed E-state index contributed by atoms with van der Waals surface area (Å²) in [4.78, 5) is 0. The van der Waals surface area contributed by atoms with Gasteiger partial charge in [-0.2, -0.15) is 0 Å². The molecule has 0 amide bonds. The van der Waals surface area contributed by atoms with E-state index < -0.39 is 0 Å². The Hall–Kier alpha value is -7.42. The summed E-state index contributed by atoms with van der Waals surface area (Å²) in [5, 5.41) is 4.82. The van der Waals surface area contributed by atoms with Crippen LogP contribution in [-0.2, 0) is 0 Å². The van der Waals surface area contributed by atoms with Crippen LogP contribution in [0.25, 0.3) is 93.9 Å². The smallest absolute Gasteiger partial charge is 0.144 e. The average Bonchev–Trinajstić information content (AvgIpc) is 3.85. The van der Waals surface area contributed by atoms with Gasteiger partial charge in [-0.15, -0.1) is 0 Å². The number of para-hydroxylation sites is 3. The highest BCUT2D eigenvalue weighted by molar-refractivity contribution is 6.19. The van der Waals surface area contributed by atoms with Gasteiger partial charge >= 0.3 is 0 Å². The van der Waals surface area contributed by atoms with E-state index in [4.69, 9.17) is 4.42 Å². The van der Waals surface area contributed by atoms with E-state index in [0.717, 1.165) is 55.4 Å². The van der Waals surface area contributed by atoms with Crippen LogP contribution in [-0.4, -0.2) is 4.57 Å². The molecule has 282 valence electrons. The molecule has 0 radical (unpaired) electrons. The van der Waals surface area contributed by atoms with Crippen molar-refractivity contribution in [1.29, 1.82) is 0 Å². The zero-order valence-corrected chi connectivity index (χ0v) is 33.5. The maximum atomic E-state index is 6.91. The molecule has 0 atom stereocenters. The topological polar surface area (TPSA) is 18.1 Å². The lowest BCUT2D eigenvalue weighted by atomic mass is 9.87. The molecule has 2 nitrogen and oxygen atoms in total. The molecule has 0 saturated heterocycles. The van der Waals surface area contributed by atoms with Gasteiger partial charge in [-0.1, -0.05) is 176 Å². The highest BCUT2D eigenvalue weighted by Crippen LogP contribution is 2.48. The third kappa shape index (κ3) is 6.40. The summed E-state index contributed by atoms with van der Waals surface area (Å²) >= 11 is 0. The Kier molecular flexibility index (Phi) is 9.24. The first-order valence-corrected chi connectivity index (χ1v) is 20.4. The fourth-order valence-electron chi connectivity index (χ4n) is 8.84. The summed E-state index contributed by atoms with van der Waals surface area (Å²) < 4.78 is 9.29. The van der Waals surface area contributed by atoms with Crippen LogP contribution in [0.1, 0.15) is 16.7 Å². The Morgan fingerprint density at radius 3 is 1.46 bits per heavy atom. The van der Waals surface area contributed by atoms with Crippen LogP contribution in [0.5, 0.6) is 0 Å². The maximum Gasteiger partial charge on any atom is 0.144 e. The van der Waals surface area contributed by atoms with Gasteiger partial charge < -0.3 is 8.98 Å². The predicted molar refractivity (Wildman–Crippen MR) is 250 cm³/mol. The average molecular weight is 758 g/mol. The summed E-state index contributed by atoms with van der Waals surface area (Å²) in [7, 11) is 0. The van der Waals surface area contributed by atoms with E-state index in [2.05, 4.69) is 232 Å². The number of hydrogen-bond donors (Lipinski definition) is 0. The lowest BCUT2D eigenvalue weighted by Crippen LogP contribution is -1.95. The minimum Gasteiger partial charge on any atom is -0.455 e. The zero-order chi connectivity index (χ0) is 39.9. The fourth-order valence-corrected chi connectivity index (χ4v) is 8.84.